The summed E-state index contributed by atoms with van der Waals surface area (Å²) >= 11 is 0. The number of rotatable bonds is 6. The molecular weight excluding hydrogens is 526 g/mol. The van der Waals surface area contributed by atoms with Crippen molar-refractivity contribution in [3.63, 3.8) is 0 Å². The zero-order valence-electron chi connectivity index (χ0n) is 13.9. The van der Waals surface area contributed by atoms with Gasteiger partial charge in [0.2, 0.25) is 0 Å². The van der Waals surface area contributed by atoms with Gasteiger partial charge in [-0.3, -0.25) is 0 Å². The number of anilines is 2. The fourth-order valence-corrected chi connectivity index (χ4v) is 2.46. The first-order valence-electron chi connectivity index (χ1n) is 7.76. The van der Waals surface area contributed by atoms with Crippen molar-refractivity contribution in [3.05, 3.63) is 61.0 Å². The van der Waals surface area contributed by atoms with Gasteiger partial charge in [-0.25, -0.2) is 0 Å². The molecule has 0 aliphatic carbocycles. The van der Waals surface area contributed by atoms with Crippen molar-refractivity contribution in [2.45, 2.75) is 13.3 Å². The second-order valence-corrected chi connectivity index (χ2v) is 4.95. The van der Waals surface area contributed by atoms with Gasteiger partial charge in [0.1, 0.15) is 0 Å². The quantitative estimate of drug-likeness (QED) is 0.443. The SMILES string of the molecule is O=[C-]c1cccc(OCCCN2CNc3ccccc32)c1.[CH2-]C.[U+2]. The van der Waals surface area contributed by atoms with Crippen LogP contribution >= 0.6 is 0 Å². The van der Waals surface area contributed by atoms with Crippen LogP contribution in [0.25, 0.3) is 0 Å². The van der Waals surface area contributed by atoms with Crippen LogP contribution in [0.15, 0.2) is 48.5 Å². The van der Waals surface area contributed by atoms with E-state index in [-0.39, 0.29) is 31.1 Å². The van der Waals surface area contributed by atoms with E-state index in [2.05, 4.69) is 35.3 Å². The Morgan fingerprint density at radius 1 is 1.21 bits per heavy atom. The molecule has 0 unspecified atom stereocenters. The molecule has 1 heterocycles. The van der Waals surface area contributed by atoms with Gasteiger partial charge >= 0.3 is 31.1 Å². The molecule has 1 aliphatic heterocycles. The van der Waals surface area contributed by atoms with Gasteiger partial charge in [0, 0.05) is 6.54 Å². The summed E-state index contributed by atoms with van der Waals surface area (Å²) in [6, 6.07) is 15.4. The van der Waals surface area contributed by atoms with E-state index in [0.29, 0.717) is 12.2 Å². The maximum Gasteiger partial charge on any atom is 2.00 e. The van der Waals surface area contributed by atoms with Crippen molar-refractivity contribution in [2.75, 3.05) is 30.0 Å². The number of carbonyl (C=O) groups excluding carboxylic acids is 1. The number of hydrogen-bond acceptors (Lipinski definition) is 4. The van der Waals surface area contributed by atoms with E-state index in [4.69, 9.17) is 4.74 Å². The van der Waals surface area contributed by atoms with Crippen molar-refractivity contribution in [1.29, 1.82) is 0 Å². The van der Waals surface area contributed by atoms with Crippen LogP contribution in [0.4, 0.5) is 11.4 Å². The third-order valence-corrected chi connectivity index (χ3v) is 3.50. The number of nitrogens with one attached hydrogen (secondary N) is 1. The smallest absolute Gasteiger partial charge is 0.506 e. The molecule has 0 radical (unpaired) electrons. The van der Waals surface area contributed by atoms with E-state index in [9.17, 15) is 4.79 Å². The molecule has 0 atom stereocenters. The number of para-hydroxylation sites is 2. The summed E-state index contributed by atoms with van der Waals surface area (Å²) < 4.78 is 5.67. The Kier molecular flexibility index (Phi) is 9.59. The van der Waals surface area contributed by atoms with Gasteiger partial charge in [0.05, 0.1) is 36.7 Å². The van der Waals surface area contributed by atoms with Gasteiger partial charge in [0.15, 0.2) is 0 Å². The third kappa shape index (κ3) is 5.58. The van der Waals surface area contributed by atoms with Gasteiger partial charge in [-0.05, 0) is 24.6 Å². The van der Waals surface area contributed by atoms with E-state index < -0.39 is 0 Å². The predicted octanol–water partition coefficient (Wildman–Crippen LogP) is 3.64. The van der Waals surface area contributed by atoms with Gasteiger partial charge in [-0.1, -0.05) is 12.1 Å². The van der Waals surface area contributed by atoms with Crippen LogP contribution in [0.3, 0.4) is 0 Å². The summed E-state index contributed by atoms with van der Waals surface area (Å²) in [5, 5.41) is 3.37. The molecule has 1 aliphatic rings. The summed E-state index contributed by atoms with van der Waals surface area (Å²) in [6.45, 7) is 7.40. The Bertz CT molecular complexity index is 634. The van der Waals surface area contributed by atoms with Crippen LogP contribution in [-0.4, -0.2) is 26.1 Å². The number of benzene rings is 2. The third-order valence-electron chi connectivity index (χ3n) is 3.50. The van der Waals surface area contributed by atoms with Gasteiger partial charge < -0.3 is 26.7 Å². The minimum atomic E-state index is 0. The van der Waals surface area contributed by atoms with Crippen LogP contribution in [0.1, 0.15) is 18.9 Å². The number of ether oxygens (including phenoxy) is 1. The Morgan fingerprint density at radius 2 is 2.00 bits per heavy atom. The van der Waals surface area contributed by atoms with E-state index >= 15 is 0 Å². The largest absolute Gasteiger partial charge is 2.00 e. The predicted molar refractivity (Wildman–Crippen MR) is 94.7 cm³/mol. The molecule has 0 amide bonds. The average molecular weight is 548 g/mol. The molecule has 0 spiro atoms. The normalized spacial score (nSPS) is 11.3. The van der Waals surface area contributed by atoms with E-state index in [1.165, 1.54) is 11.4 Å². The van der Waals surface area contributed by atoms with Crippen molar-refractivity contribution in [1.82, 2.24) is 0 Å². The molecule has 124 valence electrons. The standard InChI is InChI=1S/C17H17N2O2.C2H5.U/c20-12-14-5-3-6-15(11-14)21-10-4-9-19-13-18-16-7-1-2-8-17(16)19;1-2;/h1-3,5-8,11,18H,4,9-10,13H2;1H2,2H3;/q2*-1;+2. The van der Waals surface area contributed by atoms with Crippen molar-refractivity contribution < 1.29 is 40.6 Å². The van der Waals surface area contributed by atoms with E-state index in [1.807, 2.05) is 18.4 Å². The minimum absolute atomic E-state index is 0. The summed E-state index contributed by atoms with van der Waals surface area (Å²) in [6.07, 6.45) is 2.79. The topological polar surface area (TPSA) is 41.6 Å². The fraction of sp³-hybridized carbons (Fsp3) is 0.263. The van der Waals surface area contributed by atoms with E-state index in [1.54, 1.807) is 25.1 Å². The molecule has 0 aromatic heterocycles. The Morgan fingerprint density at radius 3 is 2.79 bits per heavy atom. The molecule has 3 rings (SSSR count). The number of nitrogens with zero attached hydrogens (tertiary/aromatic N) is 1. The second-order valence-electron chi connectivity index (χ2n) is 4.95. The number of hydrogen-bond donors (Lipinski definition) is 1. The molecule has 4 nitrogen and oxygen atoms in total. The molecule has 5 heteroatoms. The first kappa shape index (κ1) is 20.6. The van der Waals surface area contributed by atoms with Crippen LogP contribution in [0.5, 0.6) is 5.75 Å². The molecule has 2 aromatic carbocycles. The average Bonchev–Trinajstić information content (AvgIpc) is 3.04. The molecule has 0 bridgehead atoms. The van der Waals surface area contributed by atoms with Gasteiger partial charge in [-0.2, -0.15) is 13.0 Å². The van der Waals surface area contributed by atoms with Gasteiger partial charge in [-0.15, -0.1) is 17.7 Å². The minimum Gasteiger partial charge on any atom is -0.506 e. The molecule has 0 saturated heterocycles. The van der Waals surface area contributed by atoms with Crippen molar-refractivity contribution in [2.24, 2.45) is 0 Å². The van der Waals surface area contributed by atoms with Crippen LogP contribution in [0, 0.1) is 38.0 Å². The molecule has 24 heavy (non-hydrogen) atoms. The number of fused-ring (bicyclic) bond motifs is 1. The Balaban J connectivity index is 0.000000925. The first-order valence-corrected chi connectivity index (χ1v) is 7.76. The molecule has 0 fully saturated rings. The Hall–Kier alpha value is -1.44. The zero-order valence-corrected chi connectivity index (χ0v) is 18.1. The molecule has 1 N–H and O–H groups in total. The summed E-state index contributed by atoms with van der Waals surface area (Å²) in [5.41, 5.74) is 2.95. The molecule has 0 saturated carbocycles. The summed E-state index contributed by atoms with van der Waals surface area (Å²) in [7, 11) is 0. The first-order chi connectivity index (χ1) is 11.4. The van der Waals surface area contributed by atoms with Crippen LogP contribution in [0.2, 0.25) is 0 Å². The molecular formula is C19H22N2O2U. The van der Waals surface area contributed by atoms with Crippen molar-refractivity contribution >= 4 is 17.7 Å². The fourth-order valence-electron chi connectivity index (χ4n) is 2.46. The van der Waals surface area contributed by atoms with Crippen LogP contribution in [-0.2, 0) is 4.79 Å². The Labute approximate surface area is 168 Å². The monoisotopic (exact) mass is 548 g/mol. The van der Waals surface area contributed by atoms with Crippen LogP contribution < -0.4 is 15.0 Å². The maximum absolute atomic E-state index is 10.6. The van der Waals surface area contributed by atoms with Crippen molar-refractivity contribution in [3.8, 4) is 5.75 Å². The summed E-state index contributed by atoms with van der Waals surface area (Å²) in [5.74, 6) is 0.718. The zero-order chi connectivity index (χ0) is 16.5. The summed E-state index contributed by atoms with van der Waals surface area (Å²) in [4.78, 5) is 12.9. The van der Waals surface area contributed by atoms with E-state index in [0.717, 1.165) is 25.4 Å². The maximum atomic E-state index is 10.6. The molecule has 2 aromatic rings. The second kappa shape index (κ2) is 11.2. The van der Waals surface area contributed by atoms with Gasteiger partial charge in [0.25, 0.3) is 0 Å².